The molecule has 0 bridgehead atoms. The second-order valence-electron chi connectivity index (χ2n) is 5.19. The molecular formula is C15H22ClNO2. The molecule has 0 radical (unpaired) electrons. The molecule has 1 aromatic rings. The molecule has 2 N–H and O–H groups in total. The average molecular weight is 284 g/mol. The van der Waals surface area contributed by atoms with E-state index in [0.717, 1.165) is 29.1 Å². The maximum Gasteiger partial charge on any atom is 0.0945 e. The maximum absolute atomic E-state index is 9.91. The van der Waals surface area contributed by atoms with Crippen molar-refractivity contribution in [3.63, 3.8) is 0 Å². The highest BCUT2D eigenvalue weighted by molar-refractivity contribution is 6.31. The highest BCUT2D eigenvalue weighted by Crippen LogP contribution is 2.23. The van der Waals surface area contributed by atoms with Crippen LogP contribution in [0, 0.1) is 6.92 Å². The van der Waals surface area contributed by atoms with E-state index >= 15 is 0 Å². The van der Waals surface area contributed by atoms with E-state index in [1.807, 2.05) is 25.1 Å². The SMILES string of the molecule is Cc1c(Cl)cccc1NCC(O)COC1CCCC1. The van der Waals surface area contributed by atoms with Crippen LogP contribution in [0.1, 0.15) is 31.2 Å². The van der Waals surface area contributed by atoms with Crippen molar-refractivity contribution in [2.45, 2.75) is 44.8 Å². The van der Waals surface area contributed by atoms with Gasteiger partial charge in [0.2, 0.25) is 0 Å². The fourth-order valence-corrected chi connectivity index (χ4v) is 2.56. The van der Waals surface area contributed by atoms with Gasteiger partial charge in [-0.3, -0.25) is 0 Å². The van der Waals surface area contributed by atoms with Crippen LogP contribution in [0.3, 0.4) is 0 Å². The van der Waals surface area contributed by atoms with E-state index in [4.69, 9.17) is 16.3 Å². The number of hydrogen-bond acceptors (Lipinski definition) is 3. The molecule has 19 heavy (non-hydrogen) atoms. The van der Waals surface area contributed by atoms with Crippen LogP contribution < -0.4 is 5.32 Å². The summed E-state index contributed by atoms with van der Waals surface area (Å²) >= 11 is 6.05. The molecule has 0 aliphatic heterocycles. The van der Waals surface area contributed by atoms with Gasteiger partial charge < -0.3 is 15.2 Å². The van der Waals surface area contributed by atoms with E-state index in [-0.39, 0.29) is 0 Å². The lowest BCUT2D eigenvalue weighted by atomic mass is 10.2. The molecule has 1 unspecified atom stereocenters. The summed E-state index contributed by atoms with van der Waals surface area (Å²) in [6, 6.07) is 5.73. The number of benzene rings is 1. The van der Waals surface area contributed by atoms with Crippen LogP contribution in [0.25, 0.3) is 0 Å². The zero-order chi connectivity index (χ0) is 13.7. The minimum absolute atomic E-state index is 0.350. The summed E-state index contributed by atoms with van der Waals surface area (Å²) in [7, 11) is 0. The van der Waals surface area contributed by atoms with E-state index in [9.17, 15) is 5.11 Å². The van der Waals surface area contributed by atoms with Crippen LogP contribution in [0.15, 0.2) is 18.2 Å². The standard InChI is InChI=1S/C15H22ClNO2/c1-11-14(16)7-4-8-15(11)17-9-12(18)10-19-13-5-2-3-6-13/h4,7-8,12-13,17-18H,2-3,5-6,9-10H2,1H3. The Balaban J connectivity index is 1.73. The van der Waals surface area contributed by atoms with Gasteiger partial charge in [0.1, 0.15) is 0 Å². The largest absolute Gasteiger partial charge is 0.389 e. The van der Waals surface area contributed by atoms with Gasteiger partial charge in [0.15, 0.2) is 0 Å². The van der Waals surface area contributed by atoms with Crippen LogP contribution in [0.4, 0.5) is 5.69 Å². The molecule has 1 aliphatic carbocycles. The predicted molar refractivity (Wildman–Crippen MR) is 78.9 cm³/mol. The maximum atomic E-state index is 9.91. The molecule has 1 fully saturated rings. The highest BCUT2D eigenvalue weighted by Gasteiger charge is 2.16. The summed E-state index contributed by atoms with van der Waals surface area (Å²) in [5, 5.41) is 13.9. The molecular weight excluding hydrogens is 262 g/mol. The third-order valence-electron chi connectivity index (χ3n) is 3.62. The first-order valence-electron chi connectivity index (χ1n) is 6.95. The molecule has 0 aromatic heterocycles. The normalized spacial score (nSPS) is 17.6. The van der Waals surface area contributed by atoms with Gasteiger partial charge in [-0.1, -0.05) is 30.5 Å². The molecule has 1 aliphatic rings. The first kappa shape index (κ1) is 14.6. The van der Waals surface area contributed by atoms with Crippen LogP contribution in [0.5, 0.6) is 0 Å². The van der Waals surface area contributed by atoms with Gasteiger partial charge in [-0.25, -0.2) is 0 Å². The molecule has 3 nitrogen and oxygen atoms in total. The van der Waals surface area contributed by atoms with Crippen molar-refractivity contribution in [1.82, 2.24) is 0 Å². The molecule has 1 aromatic carbocycles. The van der Waals surface area contributed by atoms with Crippen LogP contribution in [-0.2, 0) is 4.74 Å². The van der Waals surface area contributed by atoms with Crippen molar-refractivity contribution in [3.8, 4) is 0 Å². The molecule has 0 saturated heterocycles. The average Bonchev–Trinajstić information content (AvgIpc) is 2.91. The van der Waals surface area contributed by atoms with E-state index in [2.05, 4.69) is 5.32 Å². The minimum atomic E-state index is -0.487. The lowest BCUT2D eigenvalue weighted by molar-refractivity contribution is -0.00117. The number of ether oxygens (including phenoxy) is 1. The summed E-state index contributed by atoms with van der Waals surface area (Å²) in [5.41, 5.74) is 1.97. The fraction of sp³-hybridized carbons (Fsp3) is 0.600. The third kappa shape index (κ3) is 4.37. The summed E-state index contributed by atoms with van der Waals surface area (Å²) in [5.74, 6) is 0. The summed E-state index contributed by atoms with van der Waals surface area (Å²) < 4.78 is 5.69. The Morgan fingerprint density at radius 3 is 2.89 bits per heavy atom. The lowest BCUT2D eigenvalue weighted by Gasteiger charge is -2.17. The second kappa shape index (κ2) is 7.13. The molecule has 1 saturated carbocycles. The molecule has 4 heteroatoms. The van der Waals surface area contributed by atoms with Gasteiger partial charge in [0.05, 0.1) is 18.8 Å². The van der Waals surface area contributed by atoms with Crippen LogP contribution in [-0.4, -0.2) is 30.5 Å². The van der Waals surface area contributed by atoms with E-state index < -0.39 is 6.10 Å². The van der Waals surface area contributed by atoms with Crippen LogP contribution in [0.2, 0.25) is 5.02 Å². The number of nitrogens with one attached hydrogen (secondary N) is 1. The van der Waals surface area contributed by atoms with Crippen molar-refractivity contribution in [1.29, 1.82) is 0 Å². The van der Waals surface area contributed by atoms with Crippen LogP contribution >= 0.6 is 11.6 Å². The van der Waals surface area contributed by atoms with Gasteiger partial charge in [-0.2, -0.15) is 0 Å². The van der Waals surface area contributed by atoms with Crippen molar-refractivity contribution in [2.24, 2.45) is 0 Å². The summed E-state index contributed by atoms with van der Waals surface area (Å²) in [6.07, 6.45) is 4.63. The molecule has 0 spiro atoms. The topological polar surface area (TPSA) is 41.5 Å². The lowest BCUT2D eigenvalue weighted by Crippen LogP contribution is -2.27. The predicted octanol–water partition coefficient (Wildman–Crippen LogP) is 3.38. The number of rotatable bonds is 6. The monoisotopic (exact) mass is 283 g/mol. The number of aliphatic hydroxyl groups excluding tert-OH is 1. The van der Waals surface area contributed by atoms with Crippen molar-refractivity contribution < 1.29 is 9.84 Å². The van der Waals surface area contributed by atoms with E-state index in [1.165, 1.54) is 12.8 Å². The third-order valence-corrected chi connectivity index (χ3v) is 4.03. The van der Waals surface area contributed by atoms with E-state index in [1.54, 1.807) is 0 Å². The molecule has 1 atom stereocenters. The Hall–Kier alpha value is -0.770. The number of anilines is 1. The smallest absolute Gasteiger partial charge is 0.0945 e. The van der Waals surface area contributed by atoms with Crippen molar-refractivity contribution in [2.75, 3.05) is 18.5 Å². The number of halogens is 1. The Kier molecular flexibility index (Phi) is 5.49. The van der Waals surface area contributed by atoms with Crippen molar-refractivity contribution >= 4 is 17.3 Å². The van der Waals surface area contributed by atoms with Gasteiger partial charge in [0.25, 0.3) is 0 Å². The Morgan fingerprint density at radius 2 is 2.16 bits per heavy atom. The first-order valence-corrected chi connectivity index (χ1v) is 7.33. The van der Waals surface area contributed by atoms with Gasteiger partial charge in [0, 0.05) is 17.3 Å². The van der Waals surface area contributed by atoms with E-state index in [0.29, 0.717) is 19.3 Å². The number of hydrogen-bond donors (Lipinski definition) is 2. The second-order valence-corrected chi connectivity index (χ2v) is 5.59. The minimum Gasteiger partial charge on any atom is -0.389 e. The quantitative estimate of drug-likeness (QED) is 0.841. The zero-order valence-corrected chi connectivity index (χ0v) is 12.1. The summed E-state index contributed by atoms with van der Waals surface area (Å²) in [6.45, 7) is 2.84. The molecule has 2 rings (SSSR count). The Bertz CT molecular complexity index is 405. The van der Waals surface area contributed by atoms with Crippen molar-refractivity contribution in [3.05, 3.63) is 28.8 Å². The van der Waals surface area contributed by atoms with Gasteiger partial charge in [-0.05, 0) is 37.5 Å². The fourth-order valence-electron chi connectivity index (χ4n) is 2.39. The Labute approximate surface area is 119 Å². The number of aliphatic hydroxyl groups is 1. The van der Waals surface area contributed by atoms with Gasteiger partial charge in [-0.15, -0.1) is 0 Å². The molecule has 0 amide bonds. The molecule has 0 heterocycles. The molecule has 106 valence electrons. The highest BCUT2D eigenvalue weighted by atomic mass is 35.5. The first-order chi connectivity index (χ1) is 9.16. The Morgan fingerprint density at radius 1 is 1.42 bits per heavy atom. The zero-order valence-electron chi connectivity index (χ0n) is 11.4. The summed E-state index contributed by atoms with van der Waals surface area (Å²) in [4.78, 5) is 0. The van der Waals surface area contributed by atoms with Gasteiger partial charge >= 0.3 is 0 Å².